The molecule has 0 unspecified atom stereocenters. The molecule has 21 heavy (non-hydrogen) atoms. The van der Waals surface area contributed by atoms with E-state index >= 15 is 0 Å². The lowest BCUT2D eigenvalue weighted by molar-refractivity contribution is -0.136. The molecule has 0 atom stereocenters. The molecule has 0 bridgehead atoms. The average Bonchev–Trinajstić information content (AvgIpc) is 3.27. The lowest BCUT2D eigenvalue weighted by Crippen LogP contribution is -2.21. The van der Waals surface area contributed by atoms with Crippen molar-refractivity contribution in [2.45, 2.75) is 32.2 Å². The van der Waals surface area contributed by atoms with Crippen molar-refractivity contribution < 1.29 is 14.6 Å². The SMILES string of the molecule is COc1cccc2c(=O)c(CC(=O)O)c(C)n(C3CC3)c12. The molecule has 1 aromatic heterocycles. The van der Waals surface area contributed by atoms with E-state index < -0.39 is 5.97 Å². The molecule has 1 aromatic carbocycles. The quantitative estimate of drug-likeness (QED) is 0.936. The number of carboxylic acids is 1. The average molecular weight is 287 g/mol. The molecule has 110 valence electrons. The van der Waals surface area contributed by atoms with Crippen LogP contribution in [0.5, 0.6) is 5.75 Å². The van der Waals surface area contributed by atoms with Crippen LogP contribution in [0.1, 0.15) is 30.1 Å². The summed E-state index contributed by atoms with van der Waals surface area (Å²) in [7, 11) is 1.58. The van der Waals surface area contributed by atoms with Gasteiger partial charge in [-0.15, -0.1) is 0 Å². The Labute approximate surface area is 121 Å². The number of pyridine rings is 1. The van der Waals surface area contributed by atoms with Crippen LogP contribution in [-0.4, -0.2) is 22.8 Å². The first-order valence-corrected chi connectivity index (χ1v) is 6.97. The number of para-hydroxylation sites is 1. The van der Waals surface area contributed by atoms with Gasteiger partial charge in [0.25, 0.3) is 0 Å². The van der Waals surface area contributed by atoms with Crippen LogP contribution in [0.15, 0.2) is 23.0 Å². The van der Waals surface area contributed by atoms with Crippen LogP contribution in [0.4, 0.5) is 0 Å². The Bertz CT molecular complexity index is 787. The highest BCUT2D eigenvalue weighted by atomic mass is 16.5. The molecular weight excluding hydrogens is 270 g/mol. The number of methoxy groups -OCH3 is 1. The number of aliphatic carboxylic acids is 1. The standard InChI is InChI=1S/C16H17NO4/c1-9-12(8-14(18)19)16(20)11-4-3-5-13(21-2)15(11)17(9)10-6-7-10/h3-5,10H,6-8H2,1-2H3,(H,18,19). The lowest BCUT2D eigenvalue weighted by atomic mass is 10.0. The van der Waals surface area contributed by atoms with Gasteiger partial charge in [-0.2, -0.15) is 0 Å². The van der Waals surface area contributed by atoms with Crippen LogP contribution in [0.3, 0.4) is 0 Å². The molecule has 0 aliphatic heterocycles. The first-order chi connectivity index (χ1) is 10.0. The third-order valence-corrected chi connectivity index (χ3v) is 4.02. The molecule has 5 heteroatoms. The van der Waals surface area contributed by atoms with Crippen molar-refractivity contribution in [3.05, 3.63) is 39.7 Å². The molecule has 1 saturated carbocycles. The first-order valence-electron chi connectivity index (χ1n) is 6.97. The molecule has 0 amide bonds. The Kier molecular flexibility index (Phi) is 3.20. The number of aromatic nitrogens is 1. The number of hydrogen-bond donors (Lipinski definition) is 1. The predicted molar refractivity (Wildman–Crippen MR) is 79.1 cm³/mol. The maximum Gasteiger partial charge on any atom is 0.308 e. The van der Waals surface area contributed by atoms with Crippen molar-refractivity contribution in [2.75, 3.05) is 7.11 Å². The van der Waals surface area contributed by atoms with Gasteiger partial charge in [-0.3, -0.25) is 9.59 Å². The summed E-state index contributed by atoms with van der Waals surface area (Å²) >= 11 is 0. The Morgan fingerprint density at radius 3 is 2.71 bits per heavy atom. The van der Waals surface area contributed by atoms with Gasteiger partial charge in [-0.25, -0.2) is 0 Å². The van der Waals surface area contributed by atoms with E-state index in [0.717, 1.165) is 24.1 Å². The first kappa shape index (κ1) is 13.7. The van der Waals surface area contributed by atoms with E-state index in [-0.39, 0.29) is 11.8 Å². The van der Waals surface area contributed by atoms with E-state index in [1.807, 2.05) is 13.0 Å². The van der Waals surface area contributed by atoms with Gasteiger partial charge in [0.05, 0.1) is 19.0 Å². The van der Waals surface area contributed by atoms with E-state index in [0.29, 0.717) is 22.7 Å². The fourth-order valence-electron chi connectivity index (χ4n) is 2.91. The molecular formula is C16H17NO4. The van der Waals surface area contributed by atoms with E-state index in [4.69, 9.17) is 9.84 Å². The third-order valence-electron chi connectivity index (χ3n) is 4.02. The summed E-state index contributed by atoms with van der Waals surface area (Å²) in [6, 6.07) is 5.66. The van der Waals surface area contributed by atoms with Crippen molar-refractivity contribution in [1.29, 1.82) is 0 Å². The second-order valence-electron chi connectivity index (χ2n) is 5.42. The van der Waals surface area contributed by atoms with Gasteiger partial charge in [-0.05, 0) is 31.9 Å². The second-order valence-corrected chi connectivity index (χ2v) is 5.42. The Hall–Kier alpha value is -2.30. The summed E-state index contributed by atoms with van der Waals surface area (Å²) in [6.45, 7) is 1.82. The van der Waals surface area contributed by atoms with Gasteiger partial charge < -0.3 is 14.4 Å². The van der Waals surface area contributed by atoms with E-state index in [1.165, 1.54) is 0 Å². The summed E-state index contributed by atoms with van der Waals surface area (Å²) in [4.78, 5) is 23.7. The Morgan fingerprint density at radius 1 is 1.43 bits per heavy atom. The van der Waals surface area contributed by atoms with E-state index in [9.17, 15) is 9.59 Å². The number of ether oxygens (including phenoxy) is 1. The van der Waals surface area contributed by atoms with Gasteiger partial charge in [0.2, 0.25) is 0 Å². The summed E-state index contributed by atoms with van der Waals surface area (Å²) in [6.07, 6.45) is 1.84. The highest BCUT2D eigenvalue weighted by molar-refractivity contribution is 5.87. The fraction of sp³-hybridized carbons (Fsp3) is 0.375. The molecule has 1 aliphatic carbocycles. The lowest BCUT2D eigenvalue weighted by Gasteiger charge is -2.19. The van der Waals surface area contributed by atoms with Crippen LogP contribution in [-0.2, 0) is 11.2 Å². The van der Waals surface area contributed by atoms with E-state index in [1.54, 1.807) is 19.2 Å². The Balaban J connectivity index is 2.42. The van der Waals surface area contributed by atoms with Crippen molar-refractivity contribution in [3.8, 4) is 5.75 Å². The summed E-state index contributed by atoms with van der Waals surface area (Å²) in [5.41, 5.74) is 1.68. The number of hydrogen-bond acceptors (Lipinski definition) is 3. The zero-order chi connectivity index (χ0) is 15.1. The number of fused-ring (bicyclic) bond motifs is 1. The Morgan fingerprint density at radius 2 is 2.14 bits per heavy atom. The smallest absolute Gasteiger partial charge is 0.308 e. The van der Waals surface area contributed by atoms with Crippen LogP contribution in [0.25, 0.3) is 10.9 Å². The molecule has 0 radical (unpaired) electrons. The summed E-state index contributed by atoms with van der Waals surface area (Å²) < 4.78 is 7.48. The topological polar surface area (TPSA) is 68.5 Å². The molecule has 1 fully saturated rings. The molecule has 3 rings (SSSR count). The number of rotatable bonds is 4. The number of carboxylic acid groups (broad SMARTS) is 1. The van der Waals surface area contributed by atoms with E-state index in [2.05, 4.69) is 4.57 Å². The molecule has 1 aliphatic rings. The van der Waals surface area contributed by atoms with Crippen molar-refractivity contribution in [2.24, 2.45) is 0 Å². The van der Waals surface area contributed by atoms with Gasteiger partial charge in [0, 0.05) is 22.7 Å². The summed E-state index contributed by atoms with van der Waals surface area (Å²) in [5, 5.41) is 9.59. The zero-order valence-electron chi connectivity index (χ0n) is 12.0. The molecule has 0 spiro atoms. The maximum atomic E-state index is 12.6. The van der Waals surface area contributed by atoms with Crippen molar-refractivity contribution >= 4 is 16.9 Å². The highest BCUT2D eigenvalue weighted by Gasteiger charge is 2.29. The molecule has 1 N–H and O–H groups in total. The highest BCUT2D eigenvalue weighted by Crippen LogP contribution is 2.40. The van der Waals surface area contributed by atoms with Gasteiger partial charge >= 0.3 is 5.97 Å². The second kappa shape index (κ2) is 4.91. The summed E-state index contributed by atoms with van der Waals surface area (Å²) in [5.74, 6) is -0.332. The van der Waals surface area contributed by atoms with Gasteiger partial charge in [0.15, 0.2) is 5.43 Å². The van der Waals surface area contributed by atoms with Crippen LogP contribution in [0, 0.1) is 6.92 Å². The largest absolute Gasteiger partial charge is 0.495 e. The number of nitrogens with zero attached hydrogens (tertiary/aromatic N) is 1. The minimum Gasteiger partial charge on any atom is -0.495 e. The molecule has 5 nitrogen and oxygen atoms in total. The monoisotopic (exact) mass is 287 g/mol. The van der Waals surface area contributed by atoms with Gasteiger partial charge in [-0.1, -0.05) is 6.07 Å². The van der Waals surface area contributed by atoms with Crippen LogP contribution < -0.4 is 10.2 Å². The molecule has 0 saturated heterocycles. The molecule has 1 heterocycles. The number of benzene rings is 1. The normalized spacial score (nSPS) is 14.4. The third kappa shape index (κ3) is 2.18. The number of carbonyl (C=O) groups is 1. The maximum absolute atomic E-state index is 12.6. The van der Waals surface area contributed by atoms with Crippen molar-refractivity contribution in [1.82, 2.24) is 4.57 Å². The molecule has 2 aromatic rings. The van der Waals surface area contributed by atoms with Crippen molar-refractivity contribution in [3.63, 3.8) is 0 Å². The van der Waals surface area contributed by atoms with Gasteiger partial charge in [0.1, 0.15) is 5.75 Å². The minimum atomic E-state index is -0.986. The van der Waals surface area contributed by atoms with Crippen LogP contribution >= 0.6 is 0 Å². The fourth-order valence-corrected chi connectivity index (χ4v) is 2.91. The van der Waals surface area contributed by atoms with Crippen LogP contribution in [0.2, 0.25) is 0 Å². The predicted octanol–water partition coefficient (Wildman–Crippen LogP) is 2.28. The zero-order valence-corrected chi connectivity index (χ0v) is 12.0. The minimum absolute atomic E-state index is 0.208.